The van der Waals surface area contributed by atoms with E-state index in [1.54, 1.807) is 12.1 Å². The van der Waals surface area contributed by atoms with Gasteiger partial charge in [0.2, 0.25) is 15.9 Å². The molecule has 0 aromatic heterocycles. The maximum absolute atomic E-state index is 13.8. The summed E-state index contributed by atoms with van der Waals surface area (Å²) in [5.41, 5.74) is 9.05. The number of benzene rings is 4. The van der Waals surface area contributed by atoms with E-state index in [0.29, 0.717) is 32.6 Å². The summed E-state index contributed by atoms with van der Waals surface area (Å²) >= 11 is 0. The quantitative estimate of drug-likeness (QED) is 0.244. The smallest absolute Gasteiger partial charge is 0.238 e. The first-order valence-electron chi connectivity index (χ1n) is 13.7. The summed E-state index contributed by atoms with van der Waals surface area (Å²) in [6.07, 6.45) is 2.28. The highest BCUT2D eigenvalue weighted by atomic mass is 32.2. The Balaban J connectivity index is 1.50. The normalized spacial score (nSPS) is 11.7. The van der Waals surface area contributed by atoms with Crippen molar-refractivity contribution in [1.82, 2.24) is 9.80 Å². The van der Waals surface area contributed by atoms with Crippen molar-refractivity contribution < 1.29 is 13.2 Å². The summed E-state index contributed by atoms with van der Waals surface area (Å²) in [5.74, 6) is 0.0550. The van der Waals surface area contributed by atoms with Gasteiger partial charge in [-0.1, -0.05) is 78.9 Å². The first kappa shape index (κ1) is 29.4. The van der Waals surface area contributed by atoms with E-state index in [1.165, 1.54) is 17.7 Å². The van der Waals surface area contributed by atoms with Gasteiger partial charge < -0.3 is 10.6 Å². The minimum absolute atomic E-state index is 0.0550. The van der Waals surface area contributed by atoms with Crippen molar-refractivity contribution in [3.63, 3.8) is 0 Å². The van der Waals surface area contributed by atoms with Crippen LogP contribution in [-0.4, -0.2) is 56.8 Å². The average molecular weight is 559 g/mol. The standard InChI is InChI=1S/C32H38N4O3S/c33-19-6-20-35(21-17-26-7-2-1-3-8-26)25-32(37)36(22-18-27-12-15-31(16-13-27)40(34,38)39)24-28-11-14-29-9-4-5-10-30(29)23-28/h1-5,7-16,23H,6,17-22,24-25,33H2,(H2,34,38,39). The summed E-state index contributed by atoms with van der Waals surface area (Å²) in [5, 5.41) is 7.54. The second-order valence-electron chi connectivity index (χ2n) is 10.1. The van der Waals surface area contributed by atoms with E-state index >= 15 is 0 Å². The summed E-state index contributed by atoms with van der Waals surface area (Å²) in [4.78, 5) is 17.9. The molecule has 40 heavy (non-hydrogen) atoms. The van der Waals surface area contributed by atoms with Crippen molar-refractivity contribution in [3.8, 4) is 0 Å². The molecule has 0 bridgehead atoms. The van der Waals surface area contributed by atoms with Crippen LogP contribution < -0.4 is 10.9 Å². The van der Waals surface area contributed by atoms with E-state index in [1.807, 2.05) is 35.2 Å². The molecule has 7 nitrogen and oxygen atoms in total. The largest absolute Gasteiger partial charge is 0.337 e. The molecule has 8 heteroatoms. The first-order valence-corrected chi connectivity index (χ1v) is 15.2. The fourth-order valence-electron chi connectivity index (χ4n) is 4.77. The van der Waals surface area contributed by atoms with Crippen LogP contribution in [0.4, 0.5) is 0 Å². The zero-order valence-corrected chi connectivity index (χ0v) is 23.6. The highest BCUT2D eigenvalue weighted by Crippen LogP contribution is 2.18. The molecule has 0 aliphatic rings. The average Bonchev–Trinajstić information content (AvgIpc) is 2.96. The lowest BCUT2D eigenvalue weighted by Crippen LogP contribution is -2.42. The van der Waals surface area contributed by atoms with Gasteiger partial charge in [0.25, 0.3) is 0 Å². The van der Waals surface area contributed by atoms with Gasteiger partial charge in [-0.15, -0.1) is 0 Å². The predicted octanol–water partition coefficient (Wildman–Crippen LogP) is 3.95. The molecule has 0 atom stereocenters. The van der Waals surface area contributed by atoms with Gasteiger partial charge in [0, 0.05) is 19.6 Å². The Morgan fingerprint density at radius 1 is 0.700 bits per heavy atom. The van der Waals surface area contributed by atoms with Crippen molar-refractivity contribution >= 4 is 26.7 Å². The molecule has 0 saturated heterocycles. The highest BCUT2D eigenvalue weighted by Gasteiger charge is 2.19. The number of fused-ring (bicyclic) bond motifs is 1. The molecule has 4 aromatic rings. The summed E-state index contributed by atoms with van der Waals surface area (Å²) in [7, 11) is -3.75. The molecule has 4 aromatic carbocycles. The van der Waals surface area contributed by atoms with Gasteiger partial charge in [0.15, 0.2) is 0 Å². The third-order valence-electron chi connectivity index (χ3n) is 7.06. The molecule has 0 aliphatic carbocycles. The second kappa shape index (κ2) is 14.2. The van der Waals surface area contributed by atoms with Gasteiger partial charge in [0.05, 0.1) is 11.4 Å². The third-order valence-corrected chi connectivity index (χ3v) is 7.99. The fourth-order valence-corrected chi connectivity index (χ4v) is 5.28. The number of carbonyl (C=O) groups is 1. The summed E-state index contributed by atoms with van der Waals surface area (Å²) < 4.78 is 23.3. The zero-order chi connectivity index (χ0) is 28.4. The van der Waals surface area contributed by atoms with Crippen LogP contribution in [0.1, 0.15) is 23.1 Å². The Morgan fingerprint density at radius 3 is 2.02 bits per heavy atom. The van der Waals surface area contributed by atoms with Gasteiger partial charge in [-0.25, -0.2) is 13.6 Å². The Kier molecular flexibility index (Phi) is 10.4. The first-order chi connectivity index (χ1) is 19.3. The lowest BCUT2D eigenvalue weighted by atomic mass is 10.1. The molecule has 210 valence electrons. The van der Waals surface area contributed by atoms with E-state index in [-0.39, 0.29) is 10.8 Å². The van der Waals surface area contributed by atoms with E-state index in [9.17, 15) is 13.2 Å². The molecule has 0 spiro atoms. The van der Waals surface area contributed by atoms with E-state index in [4.69, 9.17) is 10.9 Å². The van der Waals surface area contributed by atoms with Crippen LogP contribution in [0.5, 0.6) is 0 Å². The molecule has 4 N–H and O–H groups in total. The van der Waals surface area contributed by atoms with Crippen molar-refractivity contribution in [3.05, 3.63) is 114 Å². The number of nitrogens with zero attached hydrogens (tertiary/aromatic N) is 2. The topological polar surface area (TPSA) is 110 Å². The maximum Gasteiger partial charge on any atom is 0.238 e. The monoisotopic (exact) mass is 558 g/mol. The number of carbonyl (C=O) groups excluding carboxylic acids is 1. The second-order valence-corrected chi connectivity index (χ2v) is 11.7. The number of hydrogen-bond acceptors (Lipinski definition) is 5. The van der Waals surface area contributed by atoms with Gasteiger partial charge in [0.1, 0.15) is 0 Å². The van der Waals surface area contributed by atoms with Crippen molar-refractivity contribution in [1.29, 1.82) is 0 Å². The zero-order valence-electron chi connectivity index (χ0n) is 22.8. The van der Waals surface area contributed by atoms with Crippen LogP contribution >= 0.6 is 0 Å². The van der Waals surface area contributed by atoms with E-state index < -0.39 is 10.0 Å². The van der Waals surface area contributed by atoms with Gasteiger partial charge in [-0.3, -0.25) is 9.69 Å². The lowest BCUT2D eigenvalue weighted by molar-refractivity contribution is -0.133. The molecule has 0 aliphatic heterocycles. The molecule has 0 fully saturated rings. The molecular formula is C32H38N4O3S. The van der Waals surface area contributed by atoms with Crippen molar-refractivity contribution in [2.75, 3.05) is 32.7 Å². The SMILES string of the molecule is NCCCN(CCc1ccccc1)CC(=O)N(CCc1ccc(S(N)(=O)=O)cc1)Cc1ccc2ccccc2c1. The third kappa shape index (κ3) is 8.72. The Labute approximate surface area is 237 Å². The Hall–Kier alpha value is -3.56. The highest BCUT2D eigenvalue weighted by molar-refractivity contribution is 7.89. The molecule has 0 radical (unpaired) electrons. The predicted molar refractivity (Wildman–Crippen MR) is 161 cm³/mol. The van der Waals surface area contributed by atoms with Crippen LogP contribution in [0.25, 0.3) is 10.8 Å². The molecule has 4 rings (SSSR count). The van der Waals surface area contributed by atoms with Crippen LogP contribution in [0.15, 0.2) is 102 Å². The molecule has 1 amide bonds. The number of amides is 1. The summed E-state index contributed by atoms with van der Waals surface area (Å²) in [6, 6.07) is 31.3. The van der Waals surface area contributed by atoms with E-state index in [0.717, 1.165) is 47.8 Å². The van der Waals surface area contributed by atoms with Crippen LogP contribution in [0.3, 0.4) is 0 Å². The molecular weight excluding hydrogens is 520 g/mol. The Bertz CT molecular complexity index is 1490. The van der Waals surface area contributed by atoms with Gasteiger partial charge >= 0.3 is 0 Å². The fraction of sp³-hybridized carbons (Fsp3) is 0.281. The van der Waals surface area contributed by atoms with Crippen LogP contribution in [0.2, 0.25) is 0 Å². The Morgan fingerprint density at radius 2 is 1.32 bits per heavy atom. The van der Waals surface area contributed by atoms with Crippen molar-refractivity contribution in [2.45, 2.75) is 30.7 Å². The number of rotatable bonds is 14. The van der Waals surface area contributed by atoms with Crippen LogP contribution in [-0.2, 0) is 34.2 Å². The molecule has 0 saturated carbocycles. The number of primary sulfonamides is 1. The molecule has 0 unspecified atom stereocenters. The van der Waals surface area contributed by atoms with E-state index in [2.05, 4.69) is 47.4 Å². The number of nitrogens with two attached hydrogens (primary N) is 2. The maximum atomic E-state index is 13.8. The van der Waals surface area contributed by atoms with Gasteiger partial charge in [-0.05, 0) is 78.0 Å². The minimum Gasteiger partial charge on any atom is -0.337 e. The minimum atomic E-state index is -3.75. The summed E-state index contributed by atoms with van der Waals surface area (Å²) in [6.45, 7) is 3.41. The van der Waals surface area contributed by atoms with Crippen molar-refractivity contribution in [2.24, 2.45) is 10.9 Å². The lowest BCUT2D eigenvalue weighted by Gasteiger charge is -2.28. The molecule has 0 heterocycles. The number of sulfonamides is 1. The van der Waals surface area contributed by atoms with Crippen LogP contribution in [0, 0.1) is 0 Å². The number of hydrogen-bond donors (Lipinski definition) is 2. The van der Waals surface area contributed by atoms with Gasteiger partial charge in [-0.2, -0.15) is 0 Å².